The molecule has 3 N–H and O–H groups in total. The summed E-state index contributed by atoms with van der Waals surface area (Å²) >= 11 is 0. The summed E-state index contributed by atoms with van der Waals surface area (Å²) in [6, 6.07) is 0. The third-order valence-corrected chi connectivity index (χ3v) is 7.31. The van der Waals surface area contributed by atoms with Gasteiger partial charge in [0, 0.05) is 24.3 Å². The molecule has 0 aliphatic carbocycles. The zero-order valence-electron chi connectivity index (χ0n) is 22.3. The van der Waals surface area contributed by atoms with Gasteiger partial charge < -0.3 is 34.3 Å². The van der Waals surface area contributed by atoms with Gasteiger partial charge in [-0.1, -0.05) is 38.2 Å². The van der Waals surface area contributed by atoms with Crippen LogP contribution in [0.15, 0.2) is 11.6 Å². The maximum atomic E-state index is 12.1. The number of aliphatic hydroxyl groups excluding tert-OH is 3. The monoisotopic (exact) mass is 514 g/mol. The Bertz CT molecular complexity index is 707. The van der Waals surface area contributed by atoms with Crippen LogP contribution in [0.25, 0.3) is 0 Å². The highest BCUT2D eigenvalue weighted by atomic mass is 16.6. The standard InChI is InChI=1S/C27H46O9/c1-17(14-24(30)34-12-10-8-6-5-7-9-11-23(29)33-4)13-21-26(32)25(31)20(16-35-21)15-22-27(36-22)18(2)19(3)28/h14,18-22,25-28,31-32H,5-13,15-16H2,1-4H3/b17-14-/t18-,19-,20-,21-,22-,25+,26-,27-/m0/s1. The van der Waals surface area contributed by atoms with Crippen molar-refractivity contribution < 1.29 is 43.9 Å². The van der Waals surface area contributed by atoms with Gasteiger partial charge in [-0.15, -0.1) is 0 Å². The minimum Gasteiger partial charge on any atom is -0.469 e. The first-order valence-electron chi connectivity index (χ1n) is 13.4. The summed E-state index contributed by atoms with van der Waals surface area (Å²) in [7, 11) is 1.40. The van der Waals surface area contributed by atoms with Crippen molar-refractivity contribution in [2.45, 2.75) is 115 Å². The summed E-state index contributed by atoms with van der Waals surface area (Å²) in [5.74, 6) is -0.810. The minimum absolute atomic E-state index is 0.0196. The van der Waals surface area contributed by atoms with Crippen LogP contribution in [0.3, 0.4) is 0 Å². The molecule has 0 aromatic carbocycles. The number of hydrogen-bond donors (Lipinski definition) is 3. The Balaban J connectivity index is 1.60. The molecule has 8 atom stereocenters. The van der Waals surface area contributed by atoms with Gasteiger partial charge >= 0.3 is 11.9 Å². The molecule has 36 heavy (non-hydrogen) atoms. The Kier molecular flexibility index (Phi) is 13.4. The van der Waals surface area contributed by atoms with E-state index >= 15 is 0 Å². The van der Waals surface area contributed by atoms with Crippen molar-refractivity contribution in [1.29, 1.82) is 0 Å². The maximum Gasteiger partial charge on any atom is 0.330 e. The van der Waals surface area contributed by atoms with Gasteiger partial charge in [0.2, 0.25) is 0 Å². The van der Waals surface area contributed by atoms with Gasteiger partial charge in [0.25, 0.3) is 0 Å². The smallest absolute Gasteiger partial charge is 0.330 e. The molecule has 2 aliphatic heterocycles. The number of carbonyl (C=O) groups is 2. The first kappa shape index (κ1) is 30.7. The van der Waals surface area contributed by atoms with Crippen molar-refractivity contribution in [3.63, 3.8) is 0 Å². The van der Waals surface area contributed by atoms with E-state index in [1.165, 1.54) is 13.2 Å². The summed E-state index contributed by atoms with van der Waals surface area (Å²) in [5.41, 5.74) is 0.719. The Morgan fingerprint density at radius 1 is 1.03 bits per heavy atom. The summed E-state index contributed by atoms with van der Waals surface area (Å²) in [5, 5.41) is 30.9. The van der Waals surface area contributed by atoms with Crippen LogP contribution in [-0.4, -0.2) is 84.2 Å². The van der Waals surface area contributed by atoms with E-state index in [0.717, 1.165) is 44.1 Å². The van der Waals surface area contributed by atoms with Crippen molar-refractivity contribution >= 4 is 11.9 Å². The maximum absolute atomic E-state index is 12.1. The topological polar surface area (TPSA) is 135 Å². The van der Waals surface area contributed by atoms with E-state index in [9.17, 15) is 24.9 Å². The van der Waals surface area contributed by atoms with Gasteiger partial charge in [0.1, 0.15) is 6.10 Å². The highest BCUT2D eigenvalue weighted by Gasteiger charge is 2.48. The minimum atomic E-state index is -1.05. The van der Waals surface area contributed by atoms with E-state index in [2.05, 4.69) is 4.74 Å². The Labute approximate surface area is 215 Å². The van der Waals surface area contributed by atoms with Crippen LogP contribution < -0.4 is 0 Å². The lowest BCUT2D eigenvalue weighted by Gasteiger charge is -2.38. The molecule has 0 amide bonds. The SMILES string of the molecule is COC(=O)CCCCCCCCOC(=O)/C=C(/C)C[C@@H]1OC[C@H](C[C@@H]2O[C@H]2[C@@H](C)[C@H](C)O)[C@@H](O)[C@H]1O. The van der Waals surface area contributed by atoms with Crippen LogP contribution in [0.2, 0.25) is 0 Å². The fourth-order valence-corrected chi connectivity index (χ4v) is 4.68. The second kappa shape index (κ2) is 15.7. The number of carbonyl (C=O) groups excluding carboxylic acids is 2. The van der Waals surface area contributed by atoms with E-state index in [1.54, 1.807) is 13.8 Å². The molecule has 2 fully saturated rings. The molecule has 0 bridgehead atoms. The summed E-state index contributed by atoms with van der Waals surface area (Å²) in [4.78, 5) is 23.1. The van der Waals surface area contributed by atoms with Crippen molar-refractivity contribution in [1.82, 2.24) is 0 Å². The number of epoxide rings is 1. The second-order valence-electron chi connectivity index (χ2n) is 10.4. The largest absolute Gasteiger partial charge is 0.469 e. The summed E-state index contributed by atoms with van der Waals surface area (Å²) in [6.07, 6.45) is 5.30. The van der Waals surface area contributed by atoms with Gasteiger partial charge in [-0.2, -0.15) is 0 Å². The third-order valence-electron chi connectivity index (χ3n) is 7.31. The normalized spacial score (nSPS) is 29.9. The van der Waals surface area contributed by atoms with Crippen LogP contribution in [0, 0.1) is 11.8 Å². The first-order valence-corrected chi connectivity index (χ1v) is 13.4. The first-order chi connectivity index (χ1) is 17.1. The van der Waals surface area contributed by atoms with Crippen LogP contribution in [0.1, 0.15) is 78.6 Å². The molecule has 2 heterocycles. The number of esters is 2. The average Bonchev–Trinajstić information content (AvgIpc) is 3.60. The Hall–Kier alpha value is -1.52. The molecule has 2 saturated heterocycles. The van der Waals surface area contributed by atoms with E-state index in [4.69, 9.17) is 14.2 Å². The molecule has 208 valence electrons. The lowest BCUT2D eigenvalue weighted by Crippen LogP contribution is -2.50. The van der Waals surface area contributed by atoms with Crippen LogP contribution in [-0.2, 0) is 28.5 Å². The van der Waals surface area contributed by atoms with E-state index in [-0.39, 0.29) is 30.0 Å². The summed E-state index contributed by atoms with van der Waals surface area (Å²) < 4.78 is 21.4. The van der Waals surface area contributed by atoms with Crippen molar-refractivity contribution in [3.8, 4) is 0 Å². The molecular formula is C27H46O9. The molecule has 2 aliphatic rings. The van der Waals surface area contributed by atoms with E-state index in [1.807, 2.05) is 6.92 Å². The fraction of sp³-hybridized carbons (Fsp3) is 0.852. The van der Waals surface area contributed by atoms with Crippen molar-refractivity contribution in [2.75, 3.05) is 20.3 Å². The molecule has 0 aromatic rings. The molecule has 9 nitrogen and oxygen atoms in total. The fourth-order valence-electron chi connectivity index (χ4n) is 4.68. The molecule has 0 unspecified atom stereocenters. The second-order valence-corrected chi connectivity index (χ2v) is 10.4. The number of methoxy groups -OCH3 is 1. The number of rotatable bonds is 16. The van der Waals surface area contributed by atoms with Crippen LogP contribution >= 0.6 is 0 Å². The van der Waals surface area contributed by atoms with Gasteiger partial charge in [0.05, 0.1) is 50.8 Å². The number of unbranched alkanes of at least 4 members (excludes halogenated alkanes) is 5. The molecule has 0 saturated carbocycles. The van der Waals surface area contributed by atoms with Crippen molar-refractivity contribution in [2.24, 2.45) is 11.8 Å². The van der Waals surface area contributed by atoms with Crippen LogP contribution in [0.4, 0.5) is 0 Å². The summed E-state index contributed by atoms with van der Waals surface area (Å²) in [6.45, 7) is 6.11. The van der Waals surface area contributed by atoms with Gasteiger partial charge in [-0.3, -0.25) is 4.79 Å². The average molecular weight is 515 g/mol. The Morgan fingerprint density at radius 2 is 1.69 bits per heavy atom. The van der Waals surface area contributed by atoms with Crippen LogP contribution in [0.5, 0.6) is 0 Å². The Morgan fingerprint density at radius 3 is 2.36 bits per heavy atom. The molecule has 9 heteroatoms. The highest BCUT2D eigenvalue weighted by Crippen LogP contribution is 2.38. The van der Waals surface area contributed by atoms with Gasteiger partial charge in [-0.25, -0.2) is 4.79 Å². The molecule has 0 aromatic heterocycles. The molecule has 0 spiro atoms. The van der Waals surface area contributed by atoms with Crippen molar-refractivity contribution in [3.05, 3.63) is 11.6 Å². The van der Waals surface area contributed by atoms with E-state index < -0.39 is 30.4 Å². The predicted octanol–water partition coefficient (Wildman–Crippen LogP) is 2.68. The number of ether oxygens (including phenoxy) is 4. The number of hydrogen-bond acceptors (Lipinski definition) is 9. The molecular weight excluding hydrogens is 468 g/mol. The lowest BCUT2D eigenvalue weighted by atomic mass is 9.85. The van der Waals surface area contributed by atoms with E-state index in [0.29, 0.717) is 32.5 Å². The quantitative estimate of drug-likeness (QED) is 0.123. The zero-order valence-corrected chi connectivity index (χ0v) is 22.3. The van der Waals surface area contributed by atoms with Gasteiger partial charge in [-0.05, 0) is 39.5 Å². The lowest BCUT2D eigenvalue weighted by molar-refractivity contribution is -0.165. The third kappa shape index (κ3) is 10.5. The highest BCUT2D eigenvalue weighted by molar-refractivity contribution is 5.82. The molecule has 2 rings (SSSR count). The van der Waals surface area contributed by atoms with Gasteiger partial charge in [0.15, 0.2) is 0 Å². The predicted molar refractivity (Wildman–Crippen MR) is 133 cm³/mol. The number of aliphatic hydroxyl groups is 3. The molecule has 0 radical (unpaired) electrons. The zero-order chi connectivity index (χ0) is 26.7.